The van der Waals surface area contributed by atoms with Gasteiger partial charge < -0.3 is 25.4 Å². The molecule has 0 fully saturated rings. The van der Waals surface area contributed by atoms with Gasteiger partial charge in [-0.05, 0) is 24.0 Å². The van der Waals surface area contributed by atoms with Gasteiger partial charge in [0.15, 0.2) is 11.5 Å². The van der Waals surface area contributed by atoms with Crippen molar-refractivity contribution in [1.82, 2.24) is 10.2 Å². The molecule has 1 aromatic carbocycles. The average Bonchev–Trinajstić information content (AvgIpc) is 2.64. The summed E-state index contributed by atoms with van der Waals surface area (Å²) in [5.74, 6) is 0.394. The van der Waals surface area contributed by atoms with E-state index in [0.29, 0.717) is 29.6 Å². The lowest BCUT2D eigenvalue weighted by molar-refractivity contribution is -0.116. The minimum atomic E-state index is -0.293. The number of nitrogens with zero attached hydrogens (tertiary/aromatic N) is 1. The normalized spacial score (nSPS) is 13.2. The van der Waals surface area contributed by atoms with Gasteiger partial charge in [0.1, 0.15) is 12.5 Å². The quantitative estimate of drug-likeness (QED) is 0.620. The second kappa shape index (κ2) is 9.92. The molecular formula is C21H31N3O4. The maximum Gasteiger partial charge on any atom is 0.257 e. The summed E-state index contributed by atoms with van der Waals surface area (Å²) in [6.45, 7) is 10.6. The van der Waals surface area contributed by atoms with E-state index in [-0.39, 0.29) is 29.0 Å². The van der Waals surface area contributed by atoms with Gasteiger partial charge in [-0.2, -0.15) is 0 Å². The number of benzene rings is 1. The number of nitrogens with one attached hydrogen (secondary N) is 2. The molecule has 3 N–H and O–H groups in total. The van der Waals surface area contributed by atoms with Crippen molar-refractivity contribution in [2.24, 2.45) is 11.8 Å². The molecule has 1 aromatic rings. The number of Topliss-reactive ketones (excluding diaryl/α,β-unsaturated/α-hetero) is 1. The number of hydrogen-bond donors (Lipinski definition) is 3. The molecule has 2 rings (SSSR count). The number of rotatable bonds is 7. The summed E-state index contributed by atoms with van der Waals surface area (Å²) in [5.41, 5.74) is 1.86. The molecular weight excluding hydrogens is 358 g/mol. The third-order valence-electron chi connectivity index (χ3n) is 4.63. The van der Waals surface area contributed by atoms with Crippen LogP contribution in [0.4, 0.5) is 5.69 Å². The Morgan fingerprint density at radius 2 is 1.71 bits per heavy atom. The smallest absolute Gasteiger partial charge is 0.257 e. The predicted octanol–water partition coefficient (Wildman–Crippen LogP) is 2.78. The Kier molecular flexibility index (Phi) is 8.22. The monoisotopic (exact) mass is 389 g/mol. The molecule has 0 unspecified atom stereocenters. The lowest BCUT2D eigenvalue weighted by Crippen LogP contribution is -2.43. The van der Waals surface area contributed by atoms with E-state index in [4.69, 9.17) is 4.79 Å². The van der Waals surface area contributed by atoms with Crippen LogP contribution >= 0.6 is 0 Å². The maximum atomic E-state index is 12.2. The minimum Gasteiger partial charge on any atom is -0.505 e. The molecule has 154 valence electrons. The standard InChI is InChI=1S/C20H29N3O3.CH2O/c1-11(2)17(12(3)4)22-15-10-16(24)18(15)21-14-9-7-8-13(19(14)25)20(26)23(5)6;1-2/h7-9,11-12,17,21-22,25H,10H2,1-6H3;1H2. The van der Waals surface area contributed by atoms with Crippen molar-refractivity contribution in [2.75, 3.05) is 19.4 Å². The van der Waals surface area contributed by atoms with Gasteiger partial charge >= 0.3 is 0 Å². The van der Waals surface area contributed by atoms with E-state index >= 15 is 0 Å². The van der Waals surface area contributed by atoms with Gasteiger partial charge in [-0.3, -0.25) is 9.59 Å². The molecule has 0 bridgehead atoms. The minimum absolute atomic E-state index is 0.0116. The van der Waals surface area contributed by atoms with Crippen molar-refractivity contribution >= 4 is 24.2 Å². The topological polar surface area (TPSA) is 98.7 Å². The van der Waals surface area contributed by atoms with Gasteiger partial charge in [0.25, 0.3) is 5.91 Å². The number of anilines is 1. The molecule has 0 radical (unpaired) electrons. The van der Waals surface area contributed by atoms with E-state index < -0.39 is 0 Å². The predicted molar refractivity (Wildman–Crippen MR) is 110 cm³/mol. The van der Waals surface area contributed by atoms with Crippen molar-refractivity contribution < 1.29 is 19.5 Å². The Balaban J connectivity index is 0.00000190. The second-order valence-electron chi connectivity index (χ2n) is 7.64. The molecule has 7 nitrogen and oxygen atoms in total. The Morgan fingerprint density at radius 3 is 2.18 bits per heavy atom. The highest BCUT2D eigenvalue weighted by Gasteiger charge is 2.31. The number of phenolic OH excluding ortho intramolecular Hbond substituents is 1. The van der Waals surface area contributed by atoms with E-state index in [2.05, 4.69) is 38.3 Å². The van der Waals surface area contributed by atoms with E-state index in [1.54, 1.807) is 32.3 Å². The lowest BCUT2D eigenvalue weighted by Gasteiger charge is -2.33. The van der Waals surface area contributed by atoms with Gasteiger partial charge in [0.05, 0.1) is 17.7 Å². The molecule has 1 amide bonds. The van der Waals surface area contributed by atoms with E-state index in [9.17, 15) is 14.7 Å². The number of carbonyl (C=O) groups is 3. The van der Waals surface area contributed by atoms with Crippen LogP contribution in [0.2, 0.25) is 0 Å². The van der Waals surface area contributed by atoms with Crippen molar-refractivity contribution in [3.8, 4) is 5.75 Å². The Labute approximate surface area is 166 Å². The maximum absolute atomic E-state index is 12.2. The van der Waals surface area contributed by atoms with E-state index in [1.807, 2.05) is 6.79 Å². The van der Waals surface area contributed by atoms with Crippen LogP contribution in [-0.4, -0.2) is 48.6 Å². The van der Waals surface area contributed by atoms with Crippen LogP contribution in [0.1, 0.15) is 44.5 Å². The summed E-state index contributed by atoms with van der Waals surface area (Å²) in [7, 11) is 3.25. The van der Waals surface area contributed by atoms with Crippen LogP contribution in [0, 0.1) is 11.8 Å². The van der Waals surface area contributed by atoms with Crippen molar-refractivity contribution in [1.29, 1.82) is 0 Å². The van der Waals surface area contributed by atoms with Crippen LogP contribution < -0.4 is 10.6 Å². The highest BCUT2D eigenvalue weighted by molar-refractivity contribution is 6.07. The highest BCUT2D eigenvalue weighted by atomic mass is 16.3. The average molecular weight is 389 g/mol. The molecule has 0 aliphatic heterocycles. The van der Waals surface area contributed by atoms with Gasteiger partial charge in [-0.1, -0.05) is 33.8 Å². The van der Waals surface area contributed by atoms with Crippen LogP contribution in [0.3, 0.4) is 0 Å². The van der Waals surface area contributed by atoms with Gasteiger partial charge in [-0.25, -0.2) is 0 Å². The van der Waals surface area contributed by atoms with Crippen LogP contribution in [0.5, 0.6) is 5.75 Å². The molecule has 0 spiro atoms. The Hall–Kier alpha value is -2.83. The van der Waals surface area contributed by atoms with Crippen LogP contribution in [0.15, 0.2) is 29.6 Å². The van der Waals surface area contributed by atoms with Crippen molar-refractivity contribution in [3.63, 3.8) is 0 Å². The molecule has 7 heteroatoms. The third-order valence-corrected chi connectivity index (χ3v) is 4.63. The molecule has 0 saturated carbocycles. The third kappa shape index (κ3) is 5.12. The Morgan fingerprint density at radius 1 is 1.14 bits per heavy atom. The number of hydrogen-bond acceptors (Lipinski definition) is 6. The number of allylic oxidation sites excluding steroid dienone is 2. The molecule has 0 aromatic heterocycles. The first-order valence-electron chi connectivity index (χ1n) is 9.25. The number of aromatic hydroxyl groups is 1. The first-order chi connectivity index (χ1) is 13.1. The van der Waals surface area contributed by atoms with Gasteiger partial charge in [0.2, 0.25) is 0 Å². The summed E-state index contributed by atoms with van der Waals surface area (Å²) in [5, 5.41) is 16.9. The Bertz CT molecular complexity index is 746. The second-order valence-corrected chi connectivity index (χ2v) is 7.64. The van der Waals surface area contributed by atoms with Gasteiger partial charge in [0, 0.05) is 25.8 Å². The summed E-state index contributed by atoms with van der Waals surface area (Å²) in [4.78, 5) is 33.6. The fourth-order valence-corrected chi connectivity index (χ4v) is 3.16. The number of ketones is 1. The molecule has 28 heavy (non-hydrogen) atoms. The first kappa shape index (κ1) is 23.2. The number of carbonyl (C=O) groups excluding carboxylic acids is 3. The van der Waals surface area contributed by atoms with Gasteiger partial charge in [-0.15, -0.1) is 0 Å². The van der Waals surface area contributed by atoms with E-state index in [1.165, 1.54) is 4.90 Å². The molecule has 1 aliphatic carbocycles. The summed E-state index contributed by atoms with van der Waals surface area (Å²) in [6.07, 6.45) is 0.357. The molecule has 0 atom stereocenters. The zero-order chi connectivity index (χ0) is 21.6. The fourth-order valence-electron chi connectivity index (χ4n) is 3.16. The first-order valence-corrected chi connectivity index (χ1v) is 9.25. The zero-order valence-electron chi connectivity index (χ0n) is 17.5. The van der Waals surface area contributed by atoms with E-state index in [0.717, 1.165) is 5.70 Å². The lowest BCUT2D eigenvalue weighted by atomic mass is 9.90. The van der Waals surface area contributed by atoms with Crippen molar-refractivity contribution in [3.05, 3.63) is 35.2 Å². The largest absolute Gasteiger partial charge is 0.505 e. The molecule has 0 saturated heterocycles. The SMILES string of the molecule is C=O.CC(C)C(NC1=C(Nc2cccc(C(=O)N(C)C)c2O)C(=O)C1)C(C)C. The molecule has 1 aliphatic rings. The number of para-hydroxylation sites is 1. The van der Waals surface area contributed by atoms with Crippen LogP contribution in [-0.2, 0) is 9.59 Å². The van der Waals surface area contributed by atoms with Crippen LogP contribution in [0.25, 0.3) is 0 Å². The summed E-state index contributed by atoms with van der Waals surface area (Å²) >= 11 is 0. The number of phenols is 1. The fraction of sp³-hybridized carbons (Fsp3) is 0.476. The summed E-state index contributed by atoms with van der Waals surface area (Å²) in [6, 6.07) is 5.15. The zero-order valence-corrected chi connectivity index (χ0v) is 17.5. The number of amides is 1. The molecule has 0 heterocycles. The highest BCUT2D eigenvalue weighted by Crippen LogP contribution is 2.33. The van der Waals surface area contributed by atoms with Crippen molar-refractivity contribution in [2.45, 2.75) is 40.2 Å². The summed E-state index contributed by atoms with van der Waals surface area (Å²) < 4.78 is 0.